The molecule has 1 saturated heterocycles. The van der Waals surface area contributed by atoms with Crippen LogP contribution >= 0.6 is 0 Å². The zero-order valence-corrected chi connectivity index (χ0v) is 21.8. The van der Waals surface area contributed by atoms with E-state index in [1.165, 1.54) is 23.1 Å². The molecule has 6 heteroatoms. The summed E-state index contributed by atoms with van der Waals surface area (Å²) >= 11 is 0. The monoisotopic (exact) mass is 481 g/mol. The molecule has 1 aromatic rings. The SMILES string of the molecule is CC[C@@H](C)C(=O)N[C@H](C(=O)N1CCC[C@H]1C(=O)NC1CCCc2c(C)cccc21)C1CCCCC1. The van der Waals surface area contributed by atoms with Gasteiger partial charge in [0.25, 0.3) is 0 Å². The summed E-state index contributed by atoms with van der Waals surface area (Å²) in [4.78, 5) is 42.0. The zero-order valence-electron chi connectivity index (χ0n) is 21.8. The van der Waals surface area contributed by atoms with E-state index in [0.717, 1.165) is 57.8 Å². The fourth-order valence-electron chi connectivity index (χ4n) is 6.26. The van der Waals surface area contributed by atoms with Crippen molar-refractivity contribution in [2.45, 2.75) is 110 Å². The Kier molecular flexibility index (Phi) is 8.51. The quantitative estimate of drug-likeness (QED) is 0.598. The van der Waals surface area contributed by atoms with E-state index in [0.29, 0.717) is 13.0 Å². The molecule has 0 spiro atoms. The van der Waals surface area contributed by atoms with Crippen molar-refractivity contribution in [3.63, 3.8) is 0 Å². The summed E-state index contributed by atoms with van der Waals surface area (Å²) in [6, 6.07) is 5.36. The lowest BCUT2D eigenvalue weighted by atomic mass is 9.83. The molecule has 4 rings (SSSR count). The normalized spacial score (nSPS) is 24.4. The van der Waals surface area contributed by atoms with Crippen molar-refractivity contribution in [2.24, 2.45) is 11.8 Å². The third-order valence-corrected chi connectivity index (χ3v) is 8.64. The predicted octanol–water partition coefficient (Wildman–Crippen LogP) is 4.59. The van der Waals surface area contributed by atoms with Gasteiger partial charge in [0.1, 0.15) is 12.1 Å². The van der Waals surface area contributed by atoms with Gasteiger partial charge in [-0.3, -0.25) is 14.4 Å². The number of rotatable bonds is 7. The van der Waals surface area contributed by atoms with Crippen molar-refractivity contribution >= 4 is 17.7 Å². The second kappa shape index (κ2) is 11.6. The summed E-state index contributed by atoms with van der Waals surface area (Å²) in [7, 11) is 0. The van der Waals surface area contributed by atoms with Crippen molar-refractivity contribution in [3.05, 3.63) is 34.9 Å². The number of nitrogens with zero attached hydrogens (tertiary/aromatic N) is 1. The van der Waals surface area contributed by atoms with Crippen LogP contribution in [0.3, 0.4) is 0 Å². The van der Waals surface area contributed by atoms with Crippen molar-refractivity contribution in [1.29, 1.82) is 0 Å². The molecule has 0 radical (unpaired) electrons. The number of amides is 3. The summed E-state index contributed by atoms with van der Waals surface area (Å²) in [5, 5.41) is 6.41. The van der Waals surface area contributed by atoms with E-state index >= 15 is 0 Å². The minimum Gasteiger partial charge on any atom is -0.347 e. The van der Waals surface area contributed by atoms with Crippen molar-refractivity contribution < 1.29 is 14.4 Å². The van der Waals surface area contributed by atoms with Crippen molar-refractivity contribution in [3.8, 4) is 0 Å². The lowest BCUT2D eigenvalue weighted by Crippen LogP contribution is -2.57. The van der Waals surface area contributed by atoms with Gasteiger partial charge in [0, 0.05) is 12.5 Å². The molecule has 4 atom stereocenters. The third kappa shape index (κ3) is 5.73. The van der Waals surface area contributed by atoms with Crippen LogP contribution in [0.15, 0.2) is 18.2 Å². The van der Waals surface area contributed by atoms with Crippen LogP contribution < -0.4 is 10.6 Å². The number of hydrogen-bond donors (Lipinski definition) is 2. The fraction of sp³-hybridized carbons (Fsp3) is 0.690. The lowest BCUT2D eigenvalue weighted by molar-refractivity contribution is -0.143. The molecular formula is C29H43N3O3. The molecule has 1 unspecified atom stereocenters. The second-order valence-electron chi connectivity index (χ2n) is 11.0. The van der Waals surface area contributed by atoms with Gasteiger partial charge in [-0.05, 0) is 80.9 Å². The summed E-state index contributed by atoms with van der Waals surface area (Å²) in [5.74, 6) is -0.133. The highest BCUT2D eigenvalue weighted by Crippen LogP contribution is 2.33. The Bertz CT molecular complexity index is 924. The number of benzene rings is 1. The molecule has 192 valence electrons. The first-order chi connectivity index (χ1) is 16.9. The van der Waals surface area contributed by atoms with Crippen molar-refractivity contribution in [1.82, 2.24) is 15.5 Å². The van der Waals surface area contributed by atoms with Crippen LogP contribution in [0, 0.1) is 18.8 Å². The van der Waals surface area contributed by atoms with Gasteiger partial charge >= 0.3 is 0 Å². The first-order valence-electron chi connectivity index (χ1n) is 13.9. The van der Waals surface area contributed by atoms with Gasteiger partial charge in [-0.25, -0.2) is 0 Å². The Morgan fingerprint density at radius 1 is 1.03 bits per heavy atom. The highest BCUT2D eigenvalue weighted by Gasteiger charge is 2.41. The highest BCUT2D eigenvalue weighted by atomic mass is 16.2. The predicted molar refractivity (Wildman–Crippen MR) is 138 cm³/mol. The van der Waals surface area contributed by atoms with E-state index in [2.05, 4.69) is 35.8 Å². The topological polar surface area (TPSA) is 78.5 Å². The average Bonchev–Trinajstić information content (AvgIpc) is 3.37. The van der Waals surface area contributed by atoms with Gasteiger partial charge in [-0.2, -0.15) is 0 Å². The largest absolute Gasteiger partial charge is 0.347 e. The van der Waals surface area contributed by atoms with E-state index in [4.69, 9.17) is 0 Å². The van der Waals surface area contributed by atoms with Crippen LogP contribution in [0.5, 0.6) is 0 Å². The van der Waals surface area contributed by atoms with Crippen LogP contribution in [0.1, 0.15) is 101 Å². The van der Waals surface area contributed by atoms with Gasteiger partial charge in [-0.15, -0.1) is 0 Å². The fourth-order valence-corrected chi connectivity index (χ4v) is 6.26. The Labute approximate surface area is 210 Å². The molecule has 35 heavy (non-hydrogen) atoms. The summed E-state index contributed by atoms with van der Waals surface area (Å²) in [5.41, 5.74) is 3.86. The molecule has 3 amide bonds. The van der Waals surface area contributed by atoms with Crippen LogP contribution in [0.2, 0.25) is 0 Å². The smallest absolute Gasteiger partial charge is 0.246 e. The van der Waals surface area contributed by atoms with Crippen LogP contribution in [-0.2, 0) is 20.8 Å². The number of nitrogens with one attached hydrogen (secondary N) is 2. The maximum absolute atomic E-state index is 13.9. The Morgan fingerprint density at radius 3 is 2.54 bits per heavy atom. The average molecular weight is 482 g/mol. The van der Waals surface area contributed by atoms with E-state index in [-0.39, 0.29) is 35.6 Å². The van der Waals surface area contributed by atoms with Crippen LogP contribution in [0.25, 0.3) is 0 Å². The molecule has 1 saturated carbocycles. The third-order valence-electron chi connectivity index (χ3n) is 8.64. The Morgan fingerprint density at radius 2 is 1.80 bits per heavy atom. The summed E-state index contributed by atoms with van der Waals surface area (Å²) < 4.78 is 0. The highest BCUT2D eigenvalue weighted by molar-refractivity contribution is 5.93. The minimum atomic E-state index is -0.525. The number of aryl methyl sites for hydroxylation is 1. The zero-order chi connectivity index (χ0) is 24.9. The number of fused-ring (bicyclic) bond motifs is 1. The molecule has 2 aliphatic carbocycles. The van der Waals surface area contributed by atoms with Gasteiger partial charge in [0.15, 0.2) is 0 Å². The second-order valence-corrected chi connectivity index (χ2v) is 11.0. The summed E-state index contributed by atoms with van der Waals surface area (Å²) in [6.07, 6.45) is 10.6. The Hall–Kier alpha value is -2.37. The van der Waals surface area contributed by atoms with Crippen LogP contribution in [-0.4, -0.2) is 41.2 Å². The number of carbonyl (C=O) groups excluding carboxylic acids is 3. The number of carbonyl (C=O) groups is 3. The molecule has 1 heterocycles. The van der Waals surface area contributed by atoms with Crippen molar-refractivity contribution in [2.75, 3.05) is 6.54 Å². The molecule has 6 nitrogen and oxygen atoms in total. The Balaban J connectivity index is 1.49. The van der Waals surface area contributed by atoms with E-state index in [1.54, 1.807) is 4.90 Å². The molecule has 0 aromatic heterocycles. The van der Waals surface area contributed by atoms with Gasteiger partial charge < -0.3 is 15.5 Å². The van der Waals surface area contributed by atoms with E-state index < -0.39 is 12.1 Å². The van der Waals surface area contributed by atoms with E-state index in [9.17, 15) is 14.4 Å². The molecule has 1 aliphatic heterocycles. The first-order valence-corrected chi connectivity index (χ1v) is 13.9. The molecule has 0 bridgehead atoms. The standard InChI is InChI=1S/C29H43N3O3/c1-4-19(2)27(33)31-26(21-12-6-5-7-13-21)29(35)32-18-10-17-25(32)28(34)30-24-16-9-14-22-20(3)11-8-15-23(22)24/h8,11,15,19,21,24-26H,4-7,9-10,12-14,16-18H2,1-3H3,(H,30,34)(H,31,33)/t19-,24?,25+,26+/m1/s1. The number of likely N-dealkylation sites (tertiary alicyclic amines) is 1. The minimum absolute atomic E-state index is 0.00273. The van der Waals surface area contributed by atoms with Gasteiger partial charge in [0.2, 0.25) is 17.7 Å². The van der Waals surface area contributed by atoms with E-state index in [1.807, 2.05) is 13.8 Å². The number of hydrogen-bond acceptors (Lipinski definition) is 3. The molecular weight excluding hydrogens is 438 g/mol. The summed E-state index contributed by atoms with van der Waals surface area (Å²) in [6.45, 7) is 6.63. The first kappa shape index (κ1) is 25.7. The van der Waals surface area contributed by atoms with Gasteiger partial charge in [0.05, 0.1) is 6.04 Å². The molecule has 2 fully saturated rings. The maximum atomic E-state index is 13.9. The molecule has 2 N–H and O–H groups in total. The van der Waals surface area contributed by atoms with Gasteiger partial charge in [-0.1, -0.05) is 51.3 Å². The lowest BCUT2D eigenvalue weighted by Gasteiger charge is -2.35. The maximum Gasteiger partial charge on any atom is 0.246 e. The molecule has 3 aliphatic rings. The van der Waals surface area contributed by atoms with Crippen LogP contribution in [0.4, 0.5) is 0 Å². The molecule has 1 aromatic carbocycles.